The third kappa shape index (κ3) is 3.13. The van der Waals surface area contributed by atoms with Gasteiger partial charge in [0, 0.05) is 5.69 Å². The Morgan fingerprint density at radius 2 is 2.19 bits per heavy atom. The zero-order valence-corrected chi connectivity index (χ0v) is 9.25. The molecule has 0 unspecified atom stereocenters. The summed E-state index contributed by atoms with van der Waals surface area (Å²) in [4.78, 5) is 21.7. The average molecular weight is 244 g/mol. The van der Waals surface area contributed by atoms with E-state index in [1.807, 2.05) is 0 Å². The molecule has 0 radical (unpaired) electrons. The van der Waals surface area contributed by atoms with Crippen LogP contribution in [0.1, 0.15) is 17.3 Å². The van der Waals surface area contributed by atoms with Crippen molar-refractivity contribution in [1.29, 1.82) is 0 Å². The third-order valence-corrected chi connectivity index (χ3v) is 2.03. The van der Waals surface area contributed by atoms with E-state index >= 15 is 0 Å². The molecule has 6 heteroatoms. The van der Waals surface area contributed by atoms with Crippen molar-refractivity contribution in [1.82, 2.24) is 0 Å². The molecule has 0 bridgehead atoms. The molecule has 0 aliphatic heterocycles. The third-order valence-electron chi connectivity index (χ3n) is 1.72. The van der Waals surface area contributed by atoms with Crippen LogP contribution in [-0.4, -0.2) is 23.8 Å². The number of rotatable bonds is 3. The van der Waals surface area contributed by atoms with Gasteiger partial charge in [-0.25, -0.2) is 9.59 Å². The van der Waals surface area contributed by atoms with Crippen molar-refractivity contribution in [3.8, 4) is 0 Å². The summed E-state index contributed by atoms with van der Waals surface area (Å²) < 4.78 is 4.65. The normalized spacial score (nSPS) is 9.62. The Morgan fingerprint density at radius 1 is 1.50 bits per heavy atom. The highest BCUT2D eigenvalue weighted by molar-refractivity contribution is 6.33. The molecule has 0 fully saturated rings. The second kappa shape index (κ2) is 5.37. The number of amides is 1. The standard InChI is InChI=1S/C10H10ClNO4/c1-2-16-10(15)12-6-3-4-7(9(13)14)8(11)5-6/h3-5H,2H2,1H3,(H,12,15)(H,13,14). The zero-order valence-electron chi connectivity index (χ0n) is 8.49. The Bertz CT molecular complexity index is 419. The molecule has 0 aliphatic rings. The van der Waals surface area contributed by atoms with Crippen LogP contribution in [0.3, 0.4) is 0 Å². The lowest BCUT2D eigenvalue weighted by molar-refractivity contribution is 0.0697. The lowest BCUT2D eigenvalue weighted by Crippen LogP contribution is -2.13. The fourth-order valence-electron chi connectivity index (χ4n) is 1.05. The van der Waals surface area contributed by atoms with Crippen LogP contribution in [0.2, 0.25) is 5.02 Å². The van der Waals surface area contributed by atoms with Gasteiger partial charge in [-0.15, -0.1) is 0 Å². The van der Waals surface area contributed by atoms with E-state index in [4.69, 9.17) is 16.7 Å². The number of nitrogens with one attached hydrogen (secondary N) is 1. The number of hydrogen-bond acceptors (Lipinski definition) is 3. The monoisotopic (exact) mass is 243 g/mol. The first kappa shape index (κ1) is 12.3. The van der Waals surface area contributed by atoms with Crippen LogP contribution in [0.25, 0.3) is 0 Å². The van der Waals surface area contributed by atoms with Crippen molar-refractivity contribution >= 4 is 29.4 Å². The smallest absolute Gasteiger partial charge is 0.411 e. The van der Waals surface area contributed by atoms with Gasteiger partial charge in [-0.2, -0.15) is 0 Å². The van der Waals surface area contributed by atoms with Crippen LogP contribution < -0.4 is 5.32 Å². The number of benzene rings is 1. The highest BCUT2D eigenvalue weighted by Crippen LogP contribution is 2.21. The molecule has 1 amide bonds. The van der Waals surface area contributed by atoms with Crippen molar-refractivity contribution in [2.75, 3.05) is 11.9 Å². The van der Waals surface area contributed by atoms with E-state index in [0.717, 1.165) is 0 Å². The van der Waals surface area contributed by atoms with Crippen molar-refractivity contribution in [3.05, 3.63) is 28.8 Å². The molecule has 0 atom stereocenters. The molecule has 2 N–H and O–H groups in total. The summed E-state index contributed by atoms with van der Waals surface area (Å²) in [6, 6.07) is 4.10. The van der Waals surface area contributed by atoms with Gasteiger partial charge < -0.3 is 9.84 Å². The number of ether oxygens (including phenoxy) is 1. The van der Waals surface area contributed by atoms with Gasteiger partial charge in [0.15, 0.2) is 0 Å². The van der Waals surface area contributed by atoms with Crippen LogP contribution in [0, 0.1) is 0 Å². The van der Waals surface area contributed by atoms with Crippen LogP contribution in [0.5, 0.6) is 0 Å². The summed E-state index contributed by atoms with van der Waals surface area (Å²) in [5, 5.41) is 11.2. The van der Waals surface area contributed by atoms with E-state index in [9.17, 15) is 9.59 Å². The second-order valence-electron chi connectivity index (χ2n) is 2.85. The first-order valence-corrected chi connectivity index (χ1v) is 4.89. The Hall–Kier alpha value is -1.75. The van der Waals surface area contributed by atoms with Gasteiger partial charge in [0.2, 0.25) is 0 Å². The van der Waals surface area contributed by atoms with Gasteiger partial charge in [-0.05, 0) is 25.1 Å². The van der Waals surface area contributed by atoms with Crippen molar-refractivity contribution in [2.45, 2.75) is 6.92 Å². The molecule has 16 heavy (non-hydrogen) atoms. The van der Waals surface area contributed by atoms with E-state index in [1.165, 1.54) is 18.2 Å². The van der Waals surface area contributed by atoms with E-state index in [1.54, 1.807) is 6.92 Å². The molecule has 0 aromatic heterocycles. The largest absolute Gasteiger partial charge is 0.478 e. The predicted octanol–water partition coefficient (Wildman–Crippen LogP) is 2.61. The fourth-order valence-corrected chi connectivity index (χ4v) is 1.31. The quantitative estimate of drug-likeness (QED) is 0.856. The Balaban J connectivity index is 2.81. The van der Waals surface area contributed by atoms with Gasteiger partial charge in [0.25, 0.3) is 0 Å². The average Bonchev–Trinajstić information content (AvgIpc) is 2.17. The SMILES string of the molecule is CCOC(=O)Nc1ccc(C(=O)O)c(Cl)c1. The molecule has 1 aromatic carbocycles. The first-order valence-electron chi connectivity index (χ1n) is 4.51. The molecule has 1 aromatic rings. The highest BCUT2D eigenvalue weighted by atomic mass is 35.5. The van der Waals surface area contributed by atoms with Gasteiger partial charge in [0.1, 0.15) is 0 Å². The lowest BCUT2D eigenvalue weighted by Gasteiger charge is -2.06. The van der Waals surface area contributed by atoms with Gasteiger partial charge in [-0.1, -0.05) is 11.6 Å². The number of anilines is 1. The van der Waals surface area contributed by atoms with E-state index in [-0.39, 0.29) is 17.2 Å². The van der Waals surface area contributed by atoms with Gasteiger partial charge in [0.05, 0.1) is 17.2 Å². The van der Waals surface area contributed by atoms with Crippen molar-refractivity contribution < 1.29 is 19.4 Å². The number of carbonyl (C=O) groups excluding carboxylic acids is 1. The van der Waals surface area contributed by atoms with Crippen LogP contribution in [0.4, 0.5) is 10.5 Å². The van der Waals surface area contributed by atoms with E-state index in [0.29, 0.717) is 5.69 Å². The summed E-state index contributed by atoms with van der Waals surface area (Å²) in [5.41, 5.74) is 0.365. The Kier molecular flexibility index (Phi) is 4.13. The molecule has 0 spiro atoms. The Morgan fingerprint density at radius 3 is 2.69 bits per heavy atom. The molecular weight excluding hydrogens is 234 g/mol. The molecule has 1 rings (SSSR count). The Labute approximate surface area is 97.0 Å². The maximum atomic E-state index is 11.0. The molecule has 0 saturated carbocycles. The van der Waals surface area contributed by atoms with Crippen LogP contribution in [-0.2, 0) is 4.74 Å². The predicted molar refractivity (Wildman–Crippen MR) is 59.1 cm³/mol. The number of aromatic carboxylic acids is 1. The van der Waals surface area contributed by atoms with Gasteiger partial charge in [-0.3, -0.25) is 5.32 Å². The molecule has 0 saturated heterocycles. The molecule has 0 heterocycles. The minimum Gasteiger partial charge on any atom is -0.478 e. The minimum atomic E-state index is -1.12. The molecule has 86 valence electrons. The summed E-state index contributed by atoms with van der Waals surface area (Å²) in [7, 11) is 0. The zero-order chi connectivity index (χ0) is 12.1. The van der Waals surface area contributed by atoms with Crippen molar-refractivity contribution in [2.24, 2.45) is 0 Å². The fraction of sp³-hybridized carbons (Fsp3) is 0.200. The molecule has 5 nitrogen and oxygen atoms in total. The number of carbonyl (C=O) groups is 2. The van der Waals surface area contributed by atoms with Crippen LogP contribution in [0.15, 0.2) is 18.2 Å². The number of hydrogen-bond donors (Lipinski definition) is 2. The van der Waals surface area contributed by atoms with Crippen LogP contribution >= 0.6 is 11.6 Å². The van der Waals surface area contributed by atoms with Gasteiger partial charge >= 0.3 is 12.1 Å². The first-order chi connectivity index (χ1) is 7.54. The molecular formula is C10H10ClNO4. The topological polar surface area (TPSA) is 75.6 Å². The summed E-state index contributed by atoms with van der Waals surface area (Å²) >= 11 is 5.71. The second-order valence-corrected chi connectivity index (χ2v) is 3.25. The number of carboxylic acid groups (broad SMARTS) is 1. The van der Waals surface area contributed by atoms with E-state index < -0.39 is 12.1 Å². The highest BCUT2D eigenvalue weighted by Gasteiger charge is 2.10. The summed E-state index contributed by atoms with van der Waals surface area (Å²) in [6.07, 6.45) is -0.610. The van der Waals surface area contributed by atoms with Crippen molar-refractivity contribution in [3.63, 3.8) is 0 Å². The maximum Gasteiger partial charge on any atom is 0.411 e. The van der Waals surface area contributed by atoms with E-state index in [2.05, 4.69) is 10.1 Å². The summed E-state index contributed by atoms with van der Waals surface area (Å²) in [5.74, 6) is -1.12. The maximum absolute atomic E-state index is 11.0. The minimum absolute atomic E-state index is 0.0175. The molecule has 0 aliphatic carbocycles. The summed E-state index contributed by atoms with van der Waals surface area (Å²) in [6.45, 7) is 1.94. The number of carboxylic acids is 1. The number of halogens is 1. The lowest BCUT2D eigenvalue weighted by atomic mass is 10.2.